The van der Waals surface area contributed by atoms with Gasteiger partial charge in [0.25, 0.3) is 0 Å². The molecule has 0 radical (unpaired) electrons. The standard InChI is InChI=1S/C16H19FN2O2S/c1-12(10-13-6-3-4-9-16(13)17)18-14-7-5-8-15(11-14)19-22(2,20)21/h3-9,11-12,18-19H,10H2,1-2H3/t12-/m0/s1. The van der Waals surface area contributed by atoms with Gasteiger partial charge in [-0.2, -0.15) is 0 Å². The summed E-state index contributed by atoms with van der Waals surface area (Å²) in [4.78, 5) is 0. The van der Waals surface area contributed by atoms with Gasteiger partial charge >= 0.3 is 0 Å². The van der Waals surface area contributed by atoms with E-state index in [4.69, 9.17) is 0 Å². The minimum atomic E-state index is -3.30. The smallest absolute Gasteiger partial charge is 0.229 e. The predicted octanol–water partition coefficient (Wildman–Crippen LogP) is 3.24. The highest BCUT2D eigenvalue weighted by Crippen LogP contribution is 2.18. The summed E-state index contributed by atoms with van der Waals surface area (Å²) >= 11 is 0. The van der Waals surface area contributed by atoms with Gasteiger partial charge in [-0.1, -0.05) is 24.3 Å². The van der Waals surface area contributed by atoms with E-state index in [-0.39, 0.29) is 11.9 Å². The Hall–Kier alpha value is -2.08. The van der Waals surface area contributed by atoms with Crippen molar-refractivity contribution in [2.24, 2.45) is 0 Å². The van der Waals surface area contributed by atoms with Crippen molar-refractivity contribution in [1.29, 1.82) is 0 Å². The molecule has 2 aromatic carbocycles. The van der Waals surface area contributed by atoms with Gasteiger partial charge in [-0.05, 0) is 43.2 Å². The summed E-state index contributed by atoms with van der Waals surface area (Å²) in [6.45, 7) is 1.95. The van der Waals surface area contributed by atoms with E-state index in [1.807, 2.05) is 19.1 Å². The molecule has 0 saturated heterocycles. The zero-order valence-corrected chi connectivity index (χ0v) is 13.3. The summed E-state index contributed by atoms with van der Waals surface area (Å²) in [6, 6.07) is 13.7. The second kappa shape index (κ2) is 6.79. The van der Waals surface area contributed by atoms with E-state index in [2.05, 4.69) is 10.0 Å². The SMILES string of the molecule is C[C@@H](Cc1ccccc1F)Nc1cccc(NS(C)(=O)=O)c1. The molecule has 22 heavy (non-hydrogen) atoms. The lowest BCUT2D eigenvalue weighted by Gasteiger charge is -2.16. The van der Waals surface area contributed by atoms with E-state index in [1.165, 1.54) is 6.07 Å². The number of benzene rings is 2. The summed E-state index contributed by atoms with van der Waals surface area (Å²) < 4.78 is 38.5. The van der Waals surface area contributed by atoms with Crippen LogP contribution in [0, 0.1) is 5.82 Å². The normalized spacial score (nSPS) is 12.7. The molecule has 0 heterocycles. The number of anilines is 2. The molecule has 2 rings (SSSR count). The summed E-state index contributed by atoms with van der Waals surface area (Å²) in [6.07, 6.45) is 1.64. The Morgan fingerprint density at radius 1 is 1.09 bits per heavy atom. The Kier molecular flexibility index (Phi) is 5.03. The van der Waals surface area contributed by atoms with Crippen molar-refractivity contribution in [2.45, 2.75) is 19.4 Å². The Morgan fingerprint density at radius 2 is 1.77 bits per heavy atom. The summed E-state index contributed by atoms with van der Waals surface area (Å²) in [7, 11) is -3.30. The molecule has 0 amide bonds. The molecule has 1 atom stereocenters. The lowest BCUT2D eigenvalue weighted by atomic mass is 10.1. The fourth-order valence-electron chi connectivity index (χ4n) is 2.22. The zero-order chi connectivity index (χ0) is 16.2. The number of rotatable bonds is 6. The maximum absolute atomic E-state index is 13.6. The summed E-state index contributed by atoms with van der Waals surface area (Å²) in [5.41, 5.74) is 1.91. The van der Waals surface area contributed by atoms with Crippen LogP contribution in [-0.4, -0.2) is 20.7 Å². The molecule has 2 N–H and O–H groups in total. The summed E-state index contributed by atoms with van der Waals surface area (Å²) in [5.74, 6) is -0.219. The molecule has 0 fully saturated rings. The monoisotopic (exact) mass is 322 g/mol. The first-order valence-corrected chi connectivity index (χ1v) is 8.80. The van der Waals surface area contributed by atoms with Crippen molar-refractivity contribution in [3.63, 3.8) is 0 Å². The second-order valence-electron chi connectivity index (χ2n) is 5.30. The topological polar surface area (TPSA) is 58.2 Å². The number of sulfonamides is 1. The lowest BCUT2D eigenvalue weighted by Crippen LogP contribution is -2.19. The Bertz CT molecular complexity index is 747. The van der Waals surface area contributed by atoms with Crippen LogP contribution in [0.1, 0.15) is 12.5 Å². The number of nitrogens with one attached hydrogen (secondary N) is 2. The molecular weight excluding hydrogens is 303 g/mol. The molecule has 0 unspecified atom stereocenters. The van der Waals surface area contributed by atoms with Crippen molar-refractivity contribution in [1.82, 2.24) is 0 Å². The van der Waals surface area contributed by atoms with E-state index < -0.39 is 10.0 Å². The number of halogens is 1. The first-order chi connectivity index (χ1) is 10.3. The molecule has 6 heteroatoms. The zero-order valence-electron chi connectivity index (χ0n) is 12.5. The third-order valence-corrected chi connectivity index (χ3v) is 3.67. The predicted molar refractivity (Wildman–Crippen MR) is 88.1 cm³/mol. The molecule has 4 nitrogen and oxygen atoms in total. The molecule has 0 aromatic heterocycles. The third-order valence-electron chi connectivity index (χ3n) is 3.06. The average molecular weight is 322 g/mol. The van der Waals surface area contributed by atoms with E-state index in [0.29, 0.717) is 17.7 Å². The molecule has 2 aromatic rings. The van der Waals surface area contributed by atoms with Gasteiger partial charge in [0, 0.05) is 11.7 Å². The van der Waals surface area contributed by atoms with Crippen molar-refractivity contribution in [3.8, 4) is 0 Å². The Balaban J connectivity index is 2.04. The minimum Gasteiger partial charge on any atom is -0.382 e. The number of hydrogen-bond donors (Lipinski definition) is 2. The minimum absolute atomic E-state index is 0.00498. The Labute approximate surface area is 130 Å². The molecular formula is C16H19FN2O2S. The van der Waals surface area contributed by atoms with Crippen LogP contribution in [0.25, 0.3) is 0 Å². The fraction of sp³-hybridized carbons (Fsp3) is 0.250. The molecule has 118 valence electrons. The van der Waals surface area contributed by atoms with E-state index >= 15 is 0 Å². The van der Waals surface area contributed by atoms with Crippen molar-refractivity contribution in [3.05, 3.63) is 59.9 Å². The van der Waals surface area contributed by atoms with Gasteiger partial charge < -0.3 is 5.32 Å². The second-order valence-corrected chi connectivity index (χ2v) is 7.04. The highest BCUT2D eigenvalue weighted by molar-refractivity contribution is 7.92. The van der Waals surface area contributed by atoms with Crippen LogP contribution in [0.4, 0.5) is 15.8 Å². The van der Waals surface area contributed by atoms with Crippen LogP contribution >= 0.6 is 0 Å². The van der Waals surface area contributed by atoms with Gasteiger partial charge in [-0.15, -0.1) is 0 Å². The van der Waals surface area contributed by atoms with E-state index in [9.17, 15) is 12.8 Å². The molecule has 0 bridgehead atoms. The average Bonchev–Trinajstić information content (AvgIpc) is 2.40. The maximum Gasteiger partial charge on any atom is 0.229 e. The highest BCUT2D eigenvalue weighted by Gasteiger charge is 2.08. The van der Waals surface area contributed by atoms with Crippen molar-refractivity contribution < 1.29 is 12.8 Å². The highest BCUT2D eigenvalue weighted by atomic mass is 32.2. The van der Waals surface area contributed by atoms with Gasteiger partial charge in [0.1, 0.15) is 5.82 Å². The van der Waals surface area contributed by atoms with Crippen LogP contribution < -0.4 is 10.0 Å². The molecule has 0 aliphatic carbocycles. The maximum atomic E-state index is 13.6. The quantitative estimate of drug-likeness (QED) is 0.858. The third kappa shape index (κ3) is 5.04. The van der Waals surface area contributed by atoms with Crippen LogP contribution in [0.5, 0.6) is 0 Å². The summed E-state index contributed by atoms with van der Waals surface area (Å²) in [5, 5.41) is 3.24. The van der Waals surface area contributed by atoms with Gasteiger partial charge in [0.2, 0.25) is 10.0 Å². The van der Waals surface area contributed by atoms with Crippen molar-refractivity contribution in [2.75, 3.05) is 16.3 Å². The van der Waals surface area contributed by atoms with E-state index in [0.717, 1.165) is 11.9 Å². The Morgan fingerprint density at radius 3 is 2.45 bits per heavy atom. The largest absolute Gasteiger partial charge is 0.382 e. The van der Waals surface area contributed by atoms with Gasteiger partial charge in [-0.25, -0.2) is 12.8 Å². The molecule has 0 aliphatic rings. The van der Waals surface area contributed by atoms with Crippen LogP contribution in [-0.2, 0) is 16.4 Å². The van der Waals surface area contributed by atoms with Crippen molar-refractivity contribution >= 4 is 21.4 Å². The molecule has 0 aliphatic heterocycles. The van der Waals surface area contributed by atoms with Gasteiger partial charge in [0.15, 0.2) is 0 Å². The molecule has 0 spiro atoms. The first-order valence-electron chi connectivity index (χ1n) is 6.91. The van der Waals surface area contributed by atoms with Gasteiger partial charge in [0.05, 0.1) is 11.9 Å². The molecule has 0 saturated carbocycles. The van der Waals surface area contributed by atoms with Crippen LogP contribution in [0.3, 0.4) is 0 Å². The fourth-order valence-corrected chi connectivity index (χ4v) is 2.77. The van der Waals surface area contributed by atoms with Crippen LogP contribution in [0.15, 0.2) is 48.5 Å². The van der Waals surface area contributed by atoms with Crippen LogP contribution in [0.2, 0.25) is 0 Å². The van der Waals surface area contributed by atoms with E-state index in [1.54, 1.807) is 30.3 Å². The first kappa shape index (κ1) is 16.3. The number of hydrogen-bond acceptors (Lipinski definition) is 3. The van der Waals surface area contributed by atoms with Gasteiger partial charge in [-0.3, -0.25) is 4.72 Å². The lowest BCUT2D eigenvalue weighted by molar-refractivity contribution is 0.601.